The van der Waals surface area contributed by atoms with Gasteiger partial charge >= 0.3 is 0 Å². The minimum absolute atomic E-state index is 0.225. The molecule has 0 atom stereocenters. The predicted octanol–water partition coefficient (Wildman–Crippen LogP) is 5.53. The van der Waals surface area contributed by atoms with E-state index in [1.807, 2.05) is 0 Å². The first-order chi connectivity index (χ1) is 11.7. The van der Waals surface area contributed by atoms with Gasteiger partial charge in [-0.1, -0.05) is 25.8 Å². The zero-order chi connectivity index (χ0) is 17.4. The van der Waals surface area contributed by atoms with Crippen LogP contribution < -0.4 is 0 Å². The molecule has 1 aliphatic rings. The van der Waals surface area contributed by atoms with Crippen LogP contribution in [0, 0.1) is 28.9 Å². The van der Waals surface area contributed by atoms with Gasteiger partial charge in [-0.2, -0.15) is 5.26 Å². The maximum absolute atomic E-state index is 13.9. The van der Waals surface area contributed by atoms with Crippen molar-refractivity contribution in [2.24, 2.45) is 5.92 Å². The molecule has 1 aliphatic carbocycles. The SMILES string of the molecule is CCCCCO[C@H]1CC[C@H](CCc2ccc(C#N)c(F)c2F)CC1. The summed E-state index contributed by atoms with van der Waals surface area (Å²) in [5, 5.41) is 8.72. The van der Waals surface area contributed by atoms with Crippen molar-refractivity contribution in [1.82, 2.24) is 0 Å². The molecular formula is C20H27F2NO. The topological polar surface area (TPSA) is 33.0 Å². The van der Waals surface area contributed by atoms with E-state index in [1.165, 1.54) is 18.9 Å². The Balaban J connectivity index is 1.73. The molecule has 0 heterocycles. The van der Waals surface area contributed by atoms with Gasteiger partial charge in [0.25, 0.3) is 0 Å². The normalized spacial score (nSPS) is 20.8. The molecule has 0 aliphatic heterocycles. The highest BCUT2D eigenvalue weighted by Gasteiger charge is 2.22. The average molecular weight is 335 g/mol. The first-order valence-corrected chi connectivity index (χ1v) is 9.14. The highest BCUT2D eigenvalue weighted by atomic mass is 19.2. The zero-order valence-corrected chi connectivity index (χ0v) is 14.5. The molecule has 4 heteroatoms. The molecule has 0 saturated heterocycles. The Labute approximate surface area is 143 Å². The Bertz CT molecular complexity index is 559. The number of rotatable bonds is 8. The van der Waals surface area contributed by atoms with E-state index in [-0.39, 0.29) is 5.56 Å². The van der Waals surface area contributed by atoms with Crippen LogP contribution in [-0.4, -0.2) is 12.7 Å². The lowest BCUT2D eigenvalue weighted by Crippen LogP contribution is -2.22. The highest BCUT2D eigenvalue weighted by molar-refractivity contribution is 5.34. The van der Waals surface area contributed by atoms with Crippen molar-refractivity contribution in [3.63, 3.8) is 0 Å². The maximum atomic E-state index is 13.9. The first kappa shape index (κ1) is 18.9. The minimum Gasteiger partial charge on any atom is -0.378 e. The van der Waals surface area contributed by atoms with Crippen molar-refractivity contribution in [3.8, 4) is 6.07 Å². The van der Waals surface area contributed by atoms with E-state index in [4.69, 9.17) is 10.00 Å². The number of hydrogen-bond donors (Lipinski definition) is 0. The molecule has 0 spiro atoms. The van der Waals surface area contributed by atoms with Gasteiger partial charge < -0.3 is 4.74 Å². The van der Waals surface area contributed by atoms with Gasteiger partial charge in [0.2, 0.25) is 0 Å². The smallest absolute Gasteiger partial charge is 0.176 e. The maximum Gasteiger partial charge on any atom is 0.176 e. The van der Waals surface area contributed by atoms with E-state index in [9.17, 15) is 8.78 Å². The van der Waals surface area contributed by atoms with Gasteiger partial charge in [-0.25, -0.2) is 8.78 Å². The largest absolute Gasteiger partial charge is 0.378 e. The molecule has 2 nitrogen and oxygen atoms in total. The Hall–Kier alpha value is -1.47. The van der Waals surface area contributed by atoms with Crippen molar-refractivity contribution in [1.29, 1.82) is 5.26 Å². The van der Waals surface area contributed by atoms with Crippen LogP contribution >= 0.6 is 0 Å². The third-order valence-electron chi connectivity index (χ3n) is 5.00. The van der Waals surface area contributed by atoms with Crippen LogP contribution in [0.2, 0.25) is 0 Å². The second-order valence-electron chi connectivity index (χ2n) is 6.77. The molecule has 132 valence electrons. The third-order valence-corrected chi connectivity index (χ3v) is 5.00. The molecule has 0 amide bonds. The van der Waals surface area contributed by atoms with Gasteiger partial charge in [-0.05, 0) is 62.5 Å². The van der Waals surface area contributed by atoms with E-state index >= 15 is 0 Å². The highest BCUT2D eigenvalue weighted by Crippen LogP contribution is 2.30. The van der Waals surface area contributed by atoms with E-state index in [0.29, 0.717) is 24.0 Å². The summed E-state index contributed by atoms with van der Waals surface area (Å²) < 4.78 is 33.5. The predicted molar refractivity (Wildman–Crippen MR) is 90.6 cm³/mol. The summed E-state index contributed by atoms with van der Waals surface area (Å²) in [6.45, 7) is 3.05. The zero-order valence-electron chi connectivity index (χ0n) is 14.5. The first-order valence-electron chi connectivity index (χ1n) is 9.14. The second-order valence-corrected chi connectivity index (χ2v) is 6.77. The van der Waals surface area contributed by atoms with Crippen molar-refractivity contribution >= 4 is 0 Å². The van der Waals surface area contributed by atoms with Crippen molar-refractivity contribution in [2.45, 2.75) is 70.8 Å². The van der Waals surface area contributed by atoms with Crippen LogP contribution in [0.25, 0.3) is 0 Å². The van der Waals surface area contributed by atoms with Crippen LogP contribution in [-0.2, 0) is 11.2 Å². The Kier molecular flexibility index (Phi) is 7.65. The number of ether oxygens (including phenoxy) is 1. The molecule has 1 aromatic rings. The summed E-state index contributed by atoms with van der Waals surface area (Å²) >= 11 is 0. The number of unbranched alkanes of at least 4 members (excludes halogenated alkanes) is 2. The molecular weight excluding hydrogens is 308 g/mol. The second kappa shape index (κ2) is 9.74. The summed E-state index contributed by atoms with van der Waals surface area (Å²) in [7, 11) is 0. The average Bonchev–Trinajstić information content (AvgIpc) is 2.61. The number of nitrogens with zero attached hydrogens (tertiary/aromatic N) is 1. The summed E-state index contributed by atoms with van der Waals surface area (Å²) in [5.41, 5.74) is 0.154. The summed E-state index contributed by atoms with van der Waals surface area (Å²) in [6.07, 6.45) is 9.68. The van der Waals surface area contributed by atoms with Gasteiger partial charge in [-0.15, -0.1) is 0 Å². The number of benzene rings is 1. The van der Waals surface area contributed by atoms with Crippen LogP contribution in [0.5, 0.6) is 0 Å². The minimum atomic E-state index is -1.01. The summed E-state index contributed by atoms with van der Waals surface area (Å²) in [6, 6.07) is 4.58. The molecule has 0 bridgehead atoms. The standard InChI is InChI=1S/C20H27F2NO/c1-2-3-4-13-24-18-11-6-15(7-12-18)5-8-16-9-10-17(14-23)20(22)19(16)21/h9-10,15,18H,2-8,11-13H2,1H3/t15-,18-. The third kappa shape index (κ3) is 5.27. The molecule has 1 saturated carbocycles. The number of aryl methyl sites for hydroxylation is 1. The number of nitriles is 1. The van der Waals surface area contributed by atoms with E-state index in [0.717, 1.165) is 45.1 Å². The Morgan fingerprint density at radius 1 is 1.12 bits per heavy atom. The fourth-order valence-electron chi connectivity index (χ4n) is 3.42. The van der Waals surface area contributed by atoms with Gasteiger partial charge in [0.05, 0.1) is 11.7 Å². The van der Waals surface area contributed by atoms with Gasteiger partial charge in [0.1, 0.15) is 6.07 Å². The van der Waals surface area contributed by atoms with E-state index in [1.54, 1.807) is 12.1 Å². The van der Waals surface area contributed by atoms with E-state index < -0.39 is 11.6 Å². The summed E-state index contributed by atoms with van der Waals surface area (Å²) in [5.74, 6) is -1.32. The molecule has 0 radical (unpaired) electrons. The molecule has 24 heavy (non-hydrogen) atoms. The number of hydrogen-bond acceptors (Lipinski definition) is 2. The fraction of sp³-hybridized carbons (Fsp3) is 0.650. The molecule has 0 unspecified atom stereocenters. The van der Waals surface area contributed by atoms with Crippen LogP contribution in [0.3, 0.4) is 0 Å². The fourth-order valence-corrected chi connectivity index (χ4v) is 3.42. The molecule has 1 fully saturated rings. The number of halogens is 2. The van der Waals surface area contributed by atoms with Gasteiger partial charge in [0, 0.05) is 6.61 Å². The molecule has 1 aromatic carbocycles. The lowest BCUT2D eigenvalue weighted by Gasteiger charge is -2.28. The van der Waals surface area contributed by atoms with E-state index in [2.05, 4.69) is 6.92 Å². The lowest BCUT2D eigenvalue weighted by atomic mass is 9.83. The van der Waals surface area contributed by atoms with Crippen molar-refractivity contribution in [3.05, 3.63) is 34.9 Å². The lowest BCUT2D eigenvalue weighted by molar-refractivity contribution is 0.0155. The van der Waals surface area contributed by atoms with Crippen LogP contribution in [0.1, 0.15) is 69.4 Å². The Morgan fingerprint density at radius 2 is 1.88 bits per heavy atom. The quantitative estimate of drug-likeness (QED) is 0.585. The molecule has 0 aromatic heterocycles. The van der Waals surface area contributed by atoms with Crippen molar-refractivity contribution in [2.75, 3.05) is 6.61 Å². The molecule has 0 N–H and O–H groups in total. The van der Waals surface area contributed by atoms with Gasteiger partial charge in [-0.3, -0.25) is 0 Å². The van der Waals surface area contributed by atoms with Crippen molar-refractivity contribution < 1.29 is 13.5 Å². The van der Waals surface area contributed by atoms with Gasteiger partial charge in [0.15, 0.2) is 11.6 Å². The van der Waals surface area contributed by atoms with Crippen LogP contribution in [0.4, 0.5) is 8.78 Å². The monoisotopic (exact) mass is 335 g/mol. The molecule has 2 rings (SSSR count). The van der Waals surface area contributed by atoms with Crippen LogP contribution in [0.15, 0.2) is 12.1 Å². The Morgan fingerprint density at radius 3 is 2.54 bits per heavy atom. The summed E-state index contributed by atoms with van der Waals surface area (Å²) in [4.78, 5) is 0.